The molecule has 47 heavy (non-hydrogen) atoms. The van der Waals surface area contributed by atoms with Gasteiger partial charge in [-0.15, -0.1) is 0 Å². The number of hydrogen-bond donors (Lipinski definition) is 1. The fourth-order valence-corrected chi connectivity index (χ4v) is 9.89. The van der Waals surface area contributed by atoms with Crippen molar-refractivity contribution in [2.24, 2.45) is 17.8 Å². The van der Waals surface area contributed by atoms with Gasteiger partial charge in [-0.2, -0.15) is 0 Å². The Morgan fingerprint density at radius 2 is 1.47 bits per heavy atom. The fraction of sp³-hybridized carbons (Fsp3) is 0.474. The number of sulfonamides is 1. The van der Waals surface area contributed by atoms with E-state index in [0.717, 1.165) is 35.1 Å². The number of rotatable bonds is 12. The van der Waals surface area contributed by atoms with Crippen LogP contribution in [0.2, 0.25) is 5.02 Å². The summed E-state index contributed by atoms with van der Waals surface area (Å²) in [4.78, 5) is 29.6. The van der Waals surface area contributed by atoms with Gasteiger partial charge in [-0.05, 0) is 116 Å². The zero-order valence-electron chi connectivity index (χ0n) is 27.6. The second kappa shape index (κ2) is 13.6. The molecule has 4 saturated carbocycles. The molecule has 7 rings (SSSR count). The number of carbonyl (C=O) groups is 2. The highest BCUT2D eigenvalue weighted by molar-refractivity contribution is 7.92. The molecule has 1 atom stereocenters. The fourth-order valence-electron chi connectivity index (χ4n) is 8.83. The molecule has 0 spiro atoms. The highest BCUT2D eigenvalue weighted by Crippen LogP contribution is 2.60. The van der Waals surface area contributed by atoms with Crippen LogP contribution in [0.5, 0.6) is 0 Å². The van der Waals surface area contributed by atoms with Gasteiger partial charge in [0.15, 0.2) is 0 Å². The van der Waals surface area contributed by atoms with Gasteiger partial charge >= 0.3 is 0 Å². The SMILES string of the molecule is CC(C)NC(=O)[C@@H](Cc1ccccc1)N(Cc1cccc(Cl)c1)C(=O)CN(c1ccc(C23CC4CC(CC(C4)C2)C3)cc1)S(C)(=O)=O. The largest absolute Gasteiger partial charge is 0.352 e. The van der Waals surface area contributed by atoms with Gasteiger partial charge in [-0.1, -0.05) is 66.2 Å². The third kappa shape index (κ3) is 7.70. The first-order valence-corrected chi connectivity index (χ1v) is 19.1. The van der Waals surface area contributed by atoms with Gasteiger partial charge in [-0.3, -0.25) is 13.9 Å². The molecule has 0 saturated heterocycles. The monoisotopic (exact) mass is 675 g/mol. The molecule has 0 aliphatic heterocycles. The number of nitrogens with one attached hydrogen (secondary N) is 1. The lowest BCUT2D eigenvalue weighted by molar-refractivity contribution is -0.140. The topological polar surface area (TPSA) is 86.8 Å². The van der Waals surface area contributed by atoms with E-state index < -0.39 is 28.5 Å². The Labute approximate surface area is 284 Å². The predicted octanol–water partition coefficient (Wildman–Crippen LogP) is 6.74. The molecular weight excluding hydrogens is 630 g/mol. The highest BCUT2D eigenvalue weighted by Gasteiger charge is 2.51. The first kappa shape index (κ1) is 33.5. The molecule has 1 N–H and O–H groups in total. The van der Waals surface area contributed by atoms with Crippen molar-refractivity contribution in [2.75, 3.05) is 17.1 Å². The maximum absolute atomic E-state index is 14.4. The van der Waals surface area contributed by atoms with Gasteiger partial charge in [0, 0.05) is 24.0 Å². The summed E-state index contributed by atoms with van der Waals surface area (Å²) in [6.07, 6.45) is 9.10. The lowest BCUT2D eigenvalue weighted by Gasteiger charge is -2.57. The quantitative estimate of drug-likeness (QED) is 0.231. The van der Waals surface area contributed by atoms with Gasteiger partial charge in [0.1, 0.15) is 12.6 Å². The summed E-state index contributed by atoms with van der Waals surface area (Å²) in [6.45, 7) is 3.40. The minimum Gasteiger partial charge on any atom is -0.352 e. The molecule has 4 fully saturated rings. The summed E-state index contributed by atoms with van der Waals surface area (Å²) in [5.41, 5.74) is 3.55. The van der Waals surface area contributed by atoms with Crippen LogP contribution in [-0.2, 0) is 38.0 Å². The van der Waals surface area contributed by atoms with E-state index >= 15 is 0 Å². The smallest absolute Gasteiger partial charge is 0.244 e. The van der Waals surface area contributed by atoms with Gasteiger partial charge in [0.2, 0.25) is 21.8 Å². The zero-order valence-corrected chi connectivity index (χ0v) is 29.1. The molecular formula is C38H46ClN3O4S. The Kier molecular flexibility index (Phi) is 9.73. The number of anilines is 1. The molecule has 250 valence electrons. The molecule has 2 amide bonds. The van der Waals surface area contributed by atoms with E-state index in [-0.39, 0.29) is 30.3 Å². The van der Waals surface area contributed by atoms with Crippen LogP contribution in [0.15, 0.2) is 78.9 Å². The van der Waals surface area contributed by atoms with Crippen LogP contribution in [0.3, 0.4) is 0 Å². The van der Waals surface area contributed by atoms with Crippen LogP contribution in [-0.4, -0.2) is 50.0 Å². The van der Waals surface area contributed by atoms with E-state index in [0.29, 0.717) is 10.7 Å². The van der Waals surface area contributed by atoms with Crippen molar-refractivity contribution < 1.29 is 18.0 Å². The minimum absolute atomic E-state index is 0.0883. The summed E-state index contributed by atoms with van der Waals surface area (Å²) in [7, 11) is -3.84. The van der Waals surface area contributed by atoms with Crippen molar-refractivity contribution >= 4 is 39.1 Å². The van der Waals surface area contributed by atoms with Crippen molar-refractivity contribution in [1.29, 1.82) is 0 Å². The van der Waals surface area contributed by atoms with Crippen molar-refractivity contribution in [3.05, 3.63) is 101 Å². The second-order valence-electron chi connectivity index (χ2n) is 14.5. The molecule has 3 aromatic carbocycles. The zero-order chi connectivity index (χ0) is 33.3. The number of hydrogen-bond acceptors (Lipinski definition) is 4. The standard InChI is InChI=1S/C38H46ClN3O4S/c1-26(2)40-37(44)35(20-27-8-5-4-6-9-27)41(24-28-10-7-11-33(39)19-28)36(43)25-42(47(3,45)46)34-14-12-32(13-15-34)38-21-29-16-30(22-38)18-31(17-29)23-38/h4-15,19,26,29-31,35H,16-18,20-25H2,1-3H3,(H,40,44)/t29?,30?,31?,35-,38?/m1/s1. The Morgan fingerprint density at radius 3 is 2.02 bits per heavy atom. The molecule has 0 heterocycles. The molecule has 0 unspecified atom stereocenters. The number of halogens is 1. The van der Waals surface area contributed by atoms with E-state index in [2.05, 4.69) is 17.4 Å². The van der Waals surface area contributed by atoms with E-state index in [1.165, 1.54) is 53.3 Å². The van der Waals surface area contributed by atoms with Crippen molar-refractivity contribution in [1.82, 2.24) is 10.2 Å². The van der Waals surface area contributed by atoms with Crippen LogP contribution in [0.1, 0.15) is 69.1 Å². The third-order valence-corrected chi connectivity index (χ3v) is 11.8. The van der Waals surface area contributed by atoms with Crippen LogP contribution in [0, 0.1) is 17.8 Å². The van der Waals surface area contributed by atoms with Gasteiger partial charge in [0.05, 0.1) is 11.9 Å². The van der Waals surface area contributed by atoms with E-state index in [9.17, 15) is 18.0 Å². The molecule has 0 radical (unpaired) electrons. The Hall–Kier alpha value is -3.36. The molecule has 4 aliphatic rings. The number of amides is 2. The van der Waals surface area contributed by atoms with E-state index in [1.807, 2.05) is 62.4 Å². The van der Waals surface area contributed by atoms with Crippen LogP contribution < -0.4 is 9.62 Å². The molecule has 9 heteroatoms. The number of benzene rings is 3. The maximum Gasteiger partial charge on any atom is 0.244 e. The van der Waals surface area contributed by atoms with Crippen molar-refractivity contribution in [3.8, 4) is 0 Å². The Bertz CT molecular complexity index is 1660. The Balaban J connectivity index is 1.31. The summed E-state index contributed by atoms with van der Waals surface area (Å²) in [5.74, 6) is 1.63. The second-order valence-corrected chi connectivity index (χ2v) is 16.9. The summed E-state index contributed by atoms with van der Waals surface area (Å²) < 4.78 is 27.8. The molecule has 7 nitrogen and oxygen atoms in total. The minimum atomic E-state index is -3.84. The Morgan fingerprint density at radius 1 is 0.872 bits per heavy atom. The molecule has 0 aromatic heterocycles. The average molecular weight is 676 g/mol. The van der Waals surface area contributed by atoms with Crippen LogP contribution in [0.4, 0.5) is 5.69 Å². The number of nitrogens with zero attached hydrogens (tertiary/aromatic N) is 2. The van der Waals surface area contributed by atoms with Gasteiger partial charge in [0.25, 0.3) is 0 Å². The average Bonchev–Trinajstić information content (AvgIpc) is 3.00. The van der Waals surface area contributed by atoms with E-state index in [1.54, 1.807) is 18.2 Å². The van der Waals surface area contributed by atoms with Gasteiger partial charge < -0.3 is 10.2 Å². The first-order chi connectivity index (χ1) is 22.4. The van der Waals surface area contributed by atoms with Crippen molar-refractivity contribution in [2.45, 2.75) is 82.8 Å². The predicted molar refractivity (Wildman–Crippen MR) is 188 cm³/mol. The number of carbonyl (C=O) groups excluding carboxylic acids is 2. The highest BCUT2D eigenvalue weighted by atomic mass is 35.5. The molecule has 4 aliphatic carbocycles. The van der Waals surface area contributed by atoms with Crippen LogP contribution >= 0.6 is 11.6 Å². The third-order valence-electron chi connectivity index (χ3n) is 10.4. The summed E-state index contributed by atoms with van der Waals surface area (Å²) in [6, 6.07) is 23.6. The summed E-state index contributed by atoms with van der Waals surface area (Å²) in [5, 5.41) is 3.49. The van der Waals surface area contributed by atoms with Crippen molar-refractivity contribution in [3.63, 3.8) is 0 Å². The van der Waals surface area contributed by atoms with Crippen LogP contribution in [0.25, 0.3) is 0 Å². The van der Waals surface area contributed by atoms with Gasteiger partial charge in [-0.25, -0.2) is 8.42 Å². The first-order valence-electron chi connectivity index (χ1n) is 16.8. The summed E-state index contributed by atoms with van der Waals surface area (Å²) >= 11 is 6.31. The normalized spacial score (nSPS) is 23.8. The molecule has 3 aromatic rings. The molecule has 4 bridgehead atoms. The lowest BCUT2D eigenvalue weighted by atomic mass is 9.48. The lowest BCUT2D eigenvalue weighted by Crippen LogP contribution is -2.54. The van der Waals surface area contributed by atoms with E-state index in [4.69, 9.17) is 11.6 Å². The maximum atomic E-state index is 14.4.